The van der Waals surface area contributed by atoms with Crippen molar-refractivity contribution in [2.45, 2.75) is 37.5 Å². The molecule has 2 aromatic carbocycles. The fraction of sp³-hybridized carbons (Fsp3) is 0.375. The molecule has 43 heavy (non-hydrogen) atoms. The lowest BCUT2D eigenvalue weighted by Gasteiger charge is -2.30. The van der Waals surface area contributed by atoms with Crippen LogP contribution in [0, 0.1) is 0 Å². The zero-order valence-corrected chi connectivity index (χ0v) is 25.3. The third kappa shape index (κ3) is 6.00. The highest BCUT2D eigenvalue weighted by molar-refractivity contribution is 7.14. The summed E-state index contributed by atoms with van der Waals surface area (Å²) in [5.74, 6) is -0.0281. The maximum absolute atomic E-state index is 14.1. The number of hydrogen-bond donors (Lipinski definition) is 1. The Morgan fingerprint density at radius 1 is 1.12 bits per heavy atom. The van der Waals surface area contributed by atoms with Crippen molar-refractivity contribution in [2.75, 3.05) is 33.9 Å². The van der Waals surface area contributed by atoms with E-state index in [0.717, 1.165) is 21.2 Å². The first kappa shape index (κ1) is 28.9. The number of benzene rings is 2. The van der Waals surface area contributed by atoms with Crippen LogP contribution in [0.4, 0.5) is 0 Å². The molecule has 6 rings (SSSR count). The molecule has 224 valence electrons. The van der Waals surface area contributed by atoms with Gasteiger partial charge in [-0.2, -0.15) is 5.10 Å². The number of thiophene rings is 1. The number of carbonyl (C=O) groups excluding carboxylic acids is 3. The molecule has 10 nitrogen and oxygen atoms in total. The van der Waals surface area contributed by atoms with Gasteiger partial charge >= 0.3 is 0 Å². The van der Waals surface area contributed by atoms with Crippen LogP contribution in [0.2, 0.25) is 0 Å². The number of rotatable bonds is 4. The summed E-state index contributed by atoms with van der Waals surface area (Å²) in [5, 5.41) is 11.7. The third-order valence-electron chi connectivity index (χ3n) is 8.30. The second-order valence-corrected chi connectivity index (χ2v) is 12.1. The van der Waals surface area contributed by atoms with Crippen LogP contribution in [0.3, 0.4) is 0 Å². The van der Waals surface area contributed by atoms with Crippen LogP contribution in [-0.2, 0) is 27.8 Å². The van der Waals surface area contributed by atoms with E-state index >= 15 is 0 Å². The van der Waals surface area contributed by atoms with Gasteiger partial charge in [0.1, 0.15) is 29.8 Å². The highest BCUT2D eigenvalue weighted by atomic mass is 32.1. The van der Waals surface area contributed by atoms with E-state index in [4.69, 9.17) is 9.47 Å². The molecule has 11 heteroatoms. The Labute approximate surface area is 254 Å². The number of hydrogen-bond acceptors (Lipinski definition) is 7. The first-order valence-electron chi connectivity index (χ1n) is 14.4. The van der Waals surface area contributed by atoms with Crippen molar-refractivity contribution in [1.82, 2.24) is 24.9 Å². The van der Waals surface area contributed by atoms with E-state index < -0.39 is 6.04 Å². The fourth-order valence-corrected chi connectivity index (χ4v) is 6.68. The number of nitrogens with one attached hydrogen (secondary N) is 1. The lowest BCUT2D eigenvalue weighted by atomic mass is 10.0. The minimum Gasteiger partial charge on any atom is -0.490 e. The van der Waals surface area contributed by atoms with Crippen LogP contribution in [-0.4, -0.2) is 89.3 Å². The van der Waals surface area contributed by atoms with Gasteiger partial charge in [-0.05, 0) is 46.7 Å². The van der Waals surface area contributed by atoms with Gasteiger partial charge in [0.05, 0.1) is 23.4 Å². The molecule has 1 fully saturated rings. The molecule has 4 aromatic rings. The molecule has 0 saturated carbocycles. The molecule has 2 aliphatic rings. The number of methoxy groups -OCH3 is 1. The van der Waals surface area contributed by atoms with Crippen molar-refractivity contribution in [2.24, 2.45) is 7.05 Å². The molecule has 1 saturated heterocycles. The molecule has 2 aliphatic heterocycles. The molecule has 1 N–H and O–H groups in total. The monoisotopic (exact) mass is 601 g/mol. The summed E-state index contributed by atoms with van der Waals surface area (Å²) in [5.41, 5.74) is 1.95. The standard InChI is InChI=1S/C32H35N5O5S/c1-35-12-10-25(33-29(38)15-20-8-9-21-6-4-5-7-22(21)14-20)31(39)37-18-24(41-3)16-23(37)19-42-28-11-13-43-30(28)26-17-27(32(35)40)36(2)34-26/h4-9,11,13-14,17,23-25H,10,12,15-16,18-19H2,1-3H3,(H,33,38)/t23-,24-,25-/m0/s1. The van der Waals surface area contributed by atoms with Crippen LogP contribution in [0.5, 0.6) is 5.75 Å². The number of aryl methyl sites for hydroxylation is 1. The van der Waals surface area contributed by atoms with Gasteiger partial charge in [-0.15, -0.1) is 11.3 Å². The number of fused-ring (bicyclic) bond motifs is 6. The van der Waals surface area contributed by atoms with E-state index in [0.29, 0.717) is 30.1 Å². The molecule has 0 aliphatic carbocycles. The molecule has 0 radical (unpaired) electrons. The maximum Gasteiger partial charge on any atom is 0.271 e. The Hall–Kier alpha value is -4.22. The fourth-order valence-electron chi connectivity index (χ4n) is 5.89. The highest BCUT2D eigenvalue weighted by Gasteiger charge is 2.39. The largest absolute Gasteiger partial charge is 0.490 e. The summed E-state index contributed by atoms with van der Waals surface area (Å²) in [6.07, 6.45) is 0.862. The first-order valence-corrected chi connectivity index (χ1v) is 15.3. The topological polar surface area (TPSA) is 106 Å². The molecular formula is C32H35N5O5S. The number of ether oxygens (including phenoxy) is 2. The summed E-state index contributed by atoms with van der Waals surface area (Å²) < 4.78 is 13.5. The Morgan fingerprint density at radius 3 is 2.74 bits per heavy atom. The van der Waals surface area contributed by atoms with E-state index in [1.165, 1.54) is 11.3 Å². The van der Waals surface area contributed by atoms with Crippen molar-refractivity contribution in [3.63, 3.8) is 0 Å². The summed E-state index contributed by atoms with van der Waals surface area (Å²) in [4.78, 5) is 45.1. The minimum atomic E-state index is -0.828. The first-order chi connectivity index (χ1) is 20.8. The van der Waals surface area contributed by atoms with Crippen LogP contribution < -0.4 is 10.1 Å². The Balaban J connectivity index is 1.28. The predicted molar refractivity (Wildman–Crippen MR) is 164 cm³/mol. The molecule has 4 heterocycles. The zero-order chi connectivity index (χ0) is 30.1. The van der Waals surface area contributed by atoms with Gasteiger partial charge in [0.25, 0.3) is 5.91 Å². The van der Waals surface area contributed by atoms with E-state index in [1.807, 2.05) is 53.9 Å². The SMILES string of the molecule is CO[C@H]1C[C@H]2COc3ccsc3-c3cc(n(C)n3)C(=O)N(C)CC[C@H](NC(=O)Cc3ccc4ccccc4c3)C(=O)N2C1. The summed E-state index contributed by atoms with van der Waals surface area (Å²) >= 11 is 1.49. The second-order valence-electron chi connectivity index (χ2n) is 11.2. The average molecular weight is 602 g/mol. The van der Waals surface area contributed by atoms with Crippen molar-refractivity contribution in [1.29, 1.82) is 0 Å². The molecule has 3 amide bonds. The smallest absolute Gasteiger partial charge is 0.271 e. The number of carbonyl (C=O) groups is 3. The molecule has 0 unspecified atom stereocenters. The molecule has 3 atom stereocenters. The summed E-state index contributed by atoms with van der Waals surface area (Å²) in [6, 6.07) is 16.5. The second kappa shape index (κ2) is 12.2. The average Bonchev–Trinajstić information content (AvgIpc) is 3.74. The van der Waals surface area contributed by atoms with Crippen molar-refractivity contribution >= 4 is 39.8 Å². The van der Waals surface area contributed by atoms with Gasteiger partial charge in [0, 0.05) is 34.3 Å². The summed E-state index contributed by atoms with van der Waals surface area (Å²) in [6.45, 7) is 0.930. The predicted octanol–water partition coefficient (Wildman–Crippen LogP) is 3.50. The van der Waals surface area contributed by atoms with Gasteiger partial charge in [0.2, 0.25) is 11.8 Å². The van der Waals surface area contributed by atoms with Crippen molar-refractivity contribution < 1.29 is 23.9 Å². The van der Waals surface area contributed by atoms with Crippen LogP contribution in [0.1, 0.15) is 28.9 Å². The van der Waals surface area contributed by atoms with Gasteiger partial charge in [0.15, 0.2) is 0 Å². The lowest BCUT2D eigenvalue weighted by Crippen LogP contribution is -2.52. The minimum absolute atomic E-state index is 0.134. The van der Waals surface area contributed by atoms with E-state index in [-0.39, 0.29) is 55.9 Å². The van der Waals surface area contributed by atoms with E-state index in [2.05, 4.69) is 10.4 Å². The number of amides is 3. The summed E-state index contributed by atoms with van der Waals surface area (Å²) in [7, 11) is 5.08. The quantitative estimate of drug-likeness (QED) is 0.384. The lowest BCUT2D eigenvalue weighted by molar-refractivity contribution is -0.138. The number of nitrogens with zero attached hydrogens (tertiary/aromatic N) is 4. The third-order valence-corrected chi connectivity index (χ3v) is 9.21. The van der Waals surface area contributed by atoms with Crippen LogP contribution >= 0.6 is 11.3 Å². The van der Waals surface area contributed by atoms with Gasteiger partial charge in [-0.3, -0.25) is 19.1 Å². The van der Waals surface area contributed by atoms with Crippen LogP contribution in [0.15, 0.2) is 60.0 Å². The Morgan fingerprint density at radius 2 is 1.93 bits per heavy atom. The van der Waals surface area contributed by atoms with E-state index in [9.17, 15) is 14.4 Å². The van der Waals surface area contributed by atoms with Gasteiger partial charge < -0.3 is 24.6 Å². The molecule has 2 aromatic heterocycles. The van der Waals surface area contributed by atoms with Crippen molar-refractivity contribution in [3.8, 4) is 16.3 Å². The Bertz CT molecular complexity index is 1660. The van der Waals surface area contributed by atoms with E-state index in [1.54, 1.807) is 41.8 Å². The highest BCUT2D eigenvalue weighted by Crippen LogP contribution is 2.36. The molecule has 0 spiro atoms. The van der Waals surface area contributed by atoms with Gasteiger partial charge in [-0.1, -0.05) is 42.5 Å². The molecular weight excluding hydrogens is 566 g/mol. The van der Waals surface area contributed by atoms with Crippen molar-refractivity contribution in [3.05, 3.63) is 71.2 Å². The maximum atomic E-state index is 14.1. The van der Waals surface area contributed by atoms with Gasteiger partial charge in [-0.25, -0.2) is 0 Å². The molecule has 2 bridgehead atoms. The normalized spacial score (nSPS) is 21.1. The number of aromatic nitrogens is 2. The zero-order valence-electron chi connectivity index (χ0n) is 24.5. The van der Waals surface area contributed by atoms with Crippen LogP contribution in [0.25, 0.3) is 21.3 Å². The Kier molecular flexibility index (Phi) is 8.18.